The van der Waals surface area contributed by atoms with Crippen molar-refractivity contribution in [3.63, 3.8) is 0 Å². The maximum absolute atomic E-state index is 12.2. The van der Waals surface area contributed by atoms with E-state index in [0.717, 1.165) is 54.8 Å². The normalized spacial score (nSPS) is 25.1. The molecule has 6 heteroatoms. The van der Waals surface area contributed by atoms with Crippen LogP contribution in [0.25, 0.3) is 6.08 Å². The highest BCUT2D eigenvalue weighted by atomic mass is 32.2. The summed E-state index contributed by atoms with van der Waals surface area (Å²) in [5, 5.41) is 3.68. The molecule has 0 radical (unpaired) electrons. The first kappa shape index (κ1) is 17.6. The fourth-order valence-corrected chi connectivity index (χ4v) is 4.51. The molecule has 0 aromatic heterocycles. The number of morpholine rings is 1. The Morgan fingerprint density at radius 2 is 1.85 bits per heavy atom. The Morgan fingerprint density at radius 3 is 2.58 bits per heavy atom. The van der Waals surface area contributed by atoms with Gasteiger partial charge in [0.15, 0.2) is 5.17 Å². The van der Waals surface area contributed by atoms with Gasteiger partial charge in [-0.2, -0.15) is 0 Å². The van der Waals surface area contributed by atoms with Gasteiger partial charge >= 0.3 is 0 Å². The number of rotatable bonds is 3. The molecular weight excluding hydrogens is 346 g/mol. The Kier molecular flexibility index (Phi) is 5.60. The van der Waals surface area contributed by atoms with Crippen LogP contribution in [-0.2, 0) is 9.53 Å². The summed E-state index contributed by atoms with van der Waals surface area (Å²) >= 11 is 1.46. The molecule has 138 valence electrons. The molecule has 4 rings (SSSR count). The second-order valence-corrected chi connectivity index (χ2v) is 8.01. The Balaban J connectivity index is 1.42. The molecule has 3 fully saturated rings. The first-order valence-electron chi connectivity index (χ1n) is 9.49. The number of amidine groups is 1. The van der Waals surface area contributed by atoms with Crippen LogP contribution in [0.3, 0.4) is 0 Å². The van der Waals surface area contributed by atoms with Gasteiger partial charge in [-0.1, -0.05) is 31.4 Å². The molecule has 0 unspecified atom stereocenters. The van der Waals surface area contributed by atoms with Crippen LogP contribution in [0.15, 0.2) is 34.2 Å². The van der Waals surface area contributed by atoms with E-state index in [4.69, 9.17) is 9.73 Å². The fourth-order valence-electron chi connectivity index (χ4n) is 3.62. The van der Waals surface area contributed by atoms with Crippen molar-refractivity contribution in [3.05, 3.63) is 34.7 Å². The molecule has 3 aliphatic rings. The molecule has 2 saturated heterocycles. The molecule has 1 amide bonds. The highest BCUT2D eigenvalue weighted by Crippen LogP contribution is 2.29. The first-order valence-corrected chi connectivity index (χ1v) is 10.3. The van der Waals surface area contributed by atoms with Crippen LogP contribution in [0.2, 0.25) is 0 Å². The number of carbonyl (C=O) groups excluding carboxylic acids is 1. The van der Waals surface area contributed by atoms with E-state index in [1.165, 1.54) is 36.7 Å². The third-order valence-corrected chi connectivity index (χ3v) is 6.02. The summed E-state index contributed by atoms with van der Waals surface area (Å²) in [6, 6.07) is 8.75. The van der Waals surface area contributed by atoms with Crippen LogP contribution in [0.1, 0.15) is 37.7 Å². The second-order valence-electron chi connectivity index (χ2n) is 6.98. The summed E-state index contributed by atoms with van der Waals surface area (Å²) in [4.78, 5) is 20.0. The Morgan fingerprint density at radius 1 is 1.12 bits per heavy atom. The second kappa shape index (κ2) is 8.27. The number of nitrogens with zero attached hydrogens (tertiary/aromatic N) is 2. The lowest BCUT2D eigenvalue weighted by atomic mass is 9.96. The predicted molar refractivity (Wildman–Crippen MR) is 107 cm³/mol. The zero-order valence-electron chi connectivity index (χ0n) is 14.9. The Bertz CT molecular complexity index is 702. The van der Waals surface area contributed by atoms with Crippen LogP contribution >= 0.6 is 11.8 Å². The van der Waals surface area contributed by atoms with E-state index in [2.05, 4.69) is 34.5 Å². The molecule has 1 N–H and O–H groups in total. The number of amides is 1. The molecule has 1 saturated carbocycles. The number of benzene rings is 1. The van der Waals surface area contributed by atoms with Crippen LogP contribution in [-0.4, -0.2) is 43.4 Å². The van der Waals surface area contributed by atoms with Gasteiger partial charge in [0.05, 0.1) is 24.2 Å². The molecule has 2 heterocycles. The van der Waals surface area contributed by atoms with Crippen molar-refractivity contribution in [2.45, 2.75) is 38.1 Å². The monoisotopic (exact) mass is 371 g/mol. The summed E-state index contributed by atoms with van der Waals surface area (Å²) in [6.07, 6.45) is 8.04. The van der Waals surface area contributed by atoms with Gasteiger partial charge < -0.3 is 15.0 Å². The Labute approximate surface area is 158 Å². The number of nitrogens with one attached hydrogen (secondary N) is 1. The van der Waals surface area contributed by atoms with Crippen LogP contribution in [0, 0.1) is 0 Å². The van der Waals surface area contributed by atoms with Crippen LogP contribution in [0.5, 0.6) is 0 Å². The summed E-state index contributed by atoms with van der Waals surface area (Å²) in [5.74, 6) is -0.0400. The smallest absolute Gasteiger partial charge is 0.264 e. The number of thioether (sulfide) groups is 1. The third kappa shape index (κ3) is 4.30. The predicted octanol–water partition coefficient (Wildman–Crippen LogP) is 3.42. The van der Waals surface area contributed by atoms with Gasteiger partial charge in [-0.15, -0.1) is 0 Å². The molecule has 2 aliphatic heterocycles. The van der Waals surface area contributed by atoms with E-state index in [9.17, 15) is 4.79 Å². The average molecular weight is 372 g/mol. The first-order chi connectivity index (χ1) is 12.8. The summed E-state index contributed by atoms with van der Waals surface area (Å²) in [7, 11) is 0. The largest absolute Gasteiger partial charge is 0.378 e. The molecular formula is C20H25N3O2S. The van der Waals surface area contributed by atoms with Gasteiger partial charge in [0, 0.05) is 18.8 Å². The average Bonchev–Trinajstić information content (AvgIpc) is 3.03. The number of aliphatic imine (C=N–C) groups is 1. The van der Waals surface area contributed by atoms with Gasteiger partial charge in [-0.05, 0) is 48.4 Å². The van der Waals surface area contributed by atoms with Crippen LogP contribution < -0.4 is 10.2 Å². The summed E-state index contributed by atoms with van der Waals surface area (Å²) < 4.78 is 5.40. The van der Waals surface area contributed by atoms with E-state index >= 15 is 0 Å². The molecule has 26 heavy (non-hydrogen) atoms. The zero-order chi connectivity index (χ0) is 17.8. The van der Waals surface area contributed by atoms with E-state index in [1.54, 1.807) is 0 Å². The summed E-state index contributed by atoms with van der Waals surface area (Å²) in [5.41, 5.74) is 2.25. The lowest BCUT2D eigenvalue weighted by Gasteiger charge is -2.28. The molecule has 5 nitrogen and oxygen atoms in total. The van der Waals surface area contributed by atoms with Gasteiger partial charge in [0.1, 0.15) is 0 Å². The van der Waals surface area contributed by atoms with E-state index in [1.807, 2.05) is 6.08 Å². The van der Waals surface area contributed by atoms with Gasteiger partial charge in [-0.3, -0.25) is 9.79 Å². The maximum atomic E-state index is 12.2. The van der Waals surface area contributed by atoms with Crippen molar-refractivity contribution in [1.82, 2.24) is 5.32 Å². The van der Waals surface area contributed by atoms with Gasteiger partial charge in [0.2, 0.25) is 0 Å². The maximum Gasteiger partial charge on any atom is 0.264 e. The lowest BCUT2D eigenvalue weighted by Crippen LogP contribution is -2.36. The minimum Gasteiger partial charge on any atom is -0.378 e. The molecule has 1 aliphatic carbocycles. The van der Waals surface area contributed by atoms with Crippen molar-refractivity contribution in [3.8, 4) is 0 Å². The summed E-state index contributed by atoms with van der Waals surface area (Å²) in [6.45, 7) is 3.43. The molecule has 0 atom stereocenters. The van der Waals surface area contributed by atoms with E-state index in [-0.39, 0.29) is 5.91 Å². The quantitative estimate of drug-likeness (QED) is 0.828. The minimum absolute atomic E-state index is 0.0400. The van der Waals surface area contributed by atoms with Crippen molar-refractivity contribution < 1.29 is 9.53 Å². The molecule has 0 bridgehead atoms. The topological polar surface area (TPSA) is 53.9 Å². The van der Waals surface area contributed by atoms with Crippen LogP contribution in [0.4, 0.5) is 5.69 Å². The van der Waals surface area contributed by atoms with E-state index < -0.39 is 0 Å². The number of hydrogen-bond donors (Lipinski definition) is 1. The standard InChI is InChI=1S/C20H25N3O2S/c24-19-18(26-20(22-19)21-16-4-2-1-3-5-16)14-15-6-8-17(9-7-15)23-10-12-25-13-11-23/h6-9,14,16H,1-5,10-13H2,(H,21,22,24)/b18-14+. The number of ether oxygens (including phenoxy) is 1. The molecule has 1 aromatic rings. The van der Waals surface area contributed by atoms with Crippen molar-refractivity contribution in [2.75, 3.05) is 31.2 Å². The highest BCUT2D eigenvalue weighted by Gasteiger charge is 2.25. The van der Waals surface area contributed by atoms with Crippen molar-refractivity contribution in [1.29, 1.82) is 0 Å². The molecule has 1 aromatic carbocycles. The van der Waals surface area contributed by atoms with Crippen molar-refractivity contribution in [2.24, 2.45) is 4.99 Å². The van der Waals surface area contributed by atoms with Gasteiger partial charge in [-0.25, -0.2) is 0 Å². The lowest BCUT2D eigenvalue weighted by molar-refractivity contribution is -0.115. The SMILES string of the molecule is O=C1NC(=NC2CCCCC2)S/C1=C/c1ccc(N2CCOCC2)cc1. The number of anilines is 1. The van der Waals surface area contributed by atoms with Crippen molar-refractivity contribution >= 4 is 34.6 Å². The zero-order valence-corrected chi connectivity index (χ0v) is 15.8. The Hall–Kier alpha value is -1.79. The number of hydrogen-bond acceptors (Lipinski definition) is 5. The fraction of sp³-hybridized carbons (Fsp3) is 0.500. The minimum atomic E-state index is -0.0400. The highest BCUT2D eigenvalue weighted by molar-refractivity contribution is 8.18. The molecule has 0 spiro atoms. The van der Waals surface area contributed by atoms with Gasteiger partial charge in [0.25, 0.3) is 5.91 Å². The van der Waals surface area contributed by atoms with E-state index in [0.29, 0.717) is 6.04 Å². The number of carbonyl (C=O) groups is 1. The third-order valence-electron chi connectivity index (χ3n) is 5.09.